The van der Waals surface area contributed by atoms with Gasteiger partial charge >= 0.3 is 0 Å². The summed E-state index contributed by atoms with van der Waals surface area (Å²) in [6.07, 6.45) is 6.72. The van der Waals surface area contributed by atoms with Crippen LogP contribution < -0.4 is 0 Å². The predicted octanol–water partition coefficient (Wildman–Crippen LogP) is 3.92. The first-order valence-electron chi connectivity index (χ1n) is 8.60. The van der Waals surface area contributed by atoms with Gasteiger partial charge in [0, 0.05) is 42.1 Å². The molecule has 1 aliphatic carbocycles. The third-order valence-corrected chi connectivity index (χ3v) is 5.86. The Kier molecular flexibility index (Phi) is 2.92. The van der Waals surface area contributed by atoms with E-state index in [0.29, 0.717) is 6.04 Å². The van der Waals surface area contributed by atoms with Crippen molar-refractivity contribution in [3.63, 3.8) is 0 Å². The summed E-state index contributed by atoms with van der Waals surface area (Å²) in [6, 6.07) is 9.33. The van der Waals surface area contributed by atoms with Crippen LogP contribution in [0.3, 0.4) is 0 Å². The lowest BCUT2D eigenvalue weighted by Gasteiger charge is -2.43. The second-order valence-electron chi connectivity index (χ2n) is 6.95. The van der Waals surface area contributed by atoms with E-state index in [-0.39, 0.29) is 0 Å². The average molecular weight is 306 g/mol. The van der Waals surface area contributed by atoms with Gasteiger partial charge in [-0.25, -0.2) is 0 Å². The molecule has 23 heavy (non-hydrogen) atoms. The van der Waals surface area contributed by atoms with E-state index >= 15 is 0 Å². The fraction of sp³-hybridized carbons (Fsp3) is 0.400. The van der Waals surface area contributed by atoms with E-state index in [1.165, 1.54) is 35.1 Å². The molecule has 2 aliphatic heterocycles. The number of hydrogen-bond donors (Lipinski definition) is 1. The van der Waals surface area contributed by atoms with Gasteiger partial charge in [0.25, 0.3) is 0 Å². The number of hydrogen-bond acceptors (Lipinski definition) is 2. The van der Waals surface area contributed by atoms with Gasteiger partial charge in [-0.15, -0.1) is 0 Å². The van der Waals surface area contributed by atoms with Crippen molar-refractivity contribution in [2.24, 2.45) is 0 Å². The second kappa shape index (κ2) is 5.00. The van der Waals surface area contributed by atoms with Gasteiger partial charge in [0.2, 0.25) is 0 Å². The number of allylic oxidation sites excluding steroid dienone is 2. The van der Waals surface area contributed by atoms with Crippen LogP contribution in [0.25, 0.3) is 10.9 Å². The molecule has 1 aromatic carbocycles. The zero-order valence-electron chi connectivity index (χ0n) is 13.6. The SMILES string of the molecule is COC1=CCC2=C(CCN3Cc4[nH]c5ccccc5c4CC23)C1. The molecule has 118 valence electrons. The number of ether oxygens (including phenoxy) is 1. The quantitative estimate of drug-likeness (QED) is 0.809. The van der Waals surface area contributed by atoms with Gasteiger partial charge < -0.3 is 9.72 Å². The third kappa shape index (κ3) is 1.99. The lowest BCUT2D eigenvalue weighted by molar-refractivity contribution is 0.176. The summed E-state index contributed by atoms with van der Waals surface area (Å²) in [4.78, 5) is 6.32. The number of nitrogens with zero attached hydrogens (tertiary/aromatic N) is 1. The predicted molar refractivity (Wildman–Crippen MR) is 92.2 cm³/mol. The Morgan fingerprint density at radius 1 is 1.26 bits per heavy atom. The van der Waals surface area contributed by atoms with Crippen LogP contribution >= 0.6 is 0 Å². The maximum atomic E-state index is 5.49. The van der Waals surface area contributed by atoms with Crippen molar-refractivity contribution in [1.82, 2.24) is 9.88 Å². The first kappa shape index (κ1) is 13.4. The van der Waals surface area contributed by atoms with Gasteiger partial charge in [-0.3, -0.25) is 4.90 Å². The number of rotatable bonds is 1. The van der Waals surface area contributed by atoms with Gasteiger partial charge in [-0.05, 0) is 42.5 Å². The number of nitrogens with one attached hydrogen (secondary N) is 1. The third-order valence-electron chi connectivity index (χ3n) is 5.86. The van der Waals surface area contributed by atoms with Crippen LogP contribution in [0.15, 0.2) is 47.2 Å². The molecule has 1 aromatic heterocycles. The molecule has 3 nitrogen and oxygen atoms in total. The highest BCUT2D eigenvalue weighted by Gasteiger charge is 2.35. The fourth-order valence-corrected chi connectivity index (χ4v) is 4.66. The lowest BCUT2D eigenvalue weighted by Crippen LogP contribution is -2.45. The number of para-hydroxylation sites is 1. The van der Waals surface area contributed by atoms with Crippen LogP contribution in [-0.4, -0.2) is 29.6 Å². The van der Waals surface area contributed by atoms with Crippen molar-refractivity contribution in [2.75, 3.05) is 13.7 Å². The van der Waals surface area contributed by atoms with E-state index in [4.69, 9.17) is 4.74 Å². The summed E-state index contributed by atoms with van der Waals surface area (Å²) in [5.74, 6) is 1.15. The molecule has 3 heteroatoms. The topological polar surface area (TPSA) is 28.3 Å². The maximum Gasteiger partial charge on any atom is 0.0959 e. The summed E-state index contributed by atoms with van der Waals surface area (Å²) in [5.41, 5.74) is 7.55. The van der Waals surface area contributed by atoms with Gasteiger partial charge in [0.05, 0.1) is 12.9 Å². The van der Waals surface area contributed by atoms with Crippen molar-refractivity contribution >= 4 is 10.9 Å². The minimum absolute atomic E-state index is 0.583. The Morgan fingerprint density at radius 3 is 3.09 bits per heavy atom. The Hall–Kier alpha value is -2.00. The first-order chi connectivity index (χ1) is 11.3. The highest BCUT2D eigenvalue weighted by atomic mass is 16.5. The molecule has 0 amide bonds. The van der Waals surface area contributed by atoms with Crippen molar-refractivity contribution in [3.8, 4) is 0 Å². The maximum absolute atomic E-state index is 5.49. The van der Waals surface area contributed by atoms with Crippen molar-refractivity contribution < 1.29 is 4.74 Å². The summed E-state index contributed by atoms with van der Waals surface area (Å²) in [6.45, 7) is 2.24. The van der Waals surface area contributed by atoms with E-state index in [0.717, 1.165) is 31.6 Å². The van der Waals surface area contributed by atoms with Crippen molar-refractivity contribution in [1.29, 1.82) is 0 Å². The number of H-pyrrole nitrogens is 1. The molecule has 0 radical (unpaired) electrons. The number of methoxy groups -OCH3 is 1. The van der Waals surface area contributed by atoms with Gasteiger partial charge in [0.1, 0.15) is 0 Å². The lowest BCUT2D eigenvalue weighted by atomic mass is 9.80. The van der Waals surface area contributed by atoms with Crippen LogP contribution in [0.5, 0.6) is 0 Å². The Balaban J connectivity index is 1.54. The zero-order chi connectivity index (χ0) is 15.4. The van der Waals surface area contributed by atoms with E-state index < -0.39 is 0 Å². The van der Waals surface area contributed by atoms with Gasteiger partial charge in [-0.2, -0.15) is 0 Å². The summed E-state index contributed by atoms with van der Waals surface area (Å²) in [7, 11) is 1.80. The molecular weight excluding hydrogens is 284 g/mol. The molecule has 1 N–H and O–H groups in total. The van der Waals surface area contributed by atoms with Crippen LogP contribution in [-0.2, 0) is 17.7 Å². The van der Waals surface area contributed by atoms with Crippen molar-refractivity contribution in [3.05, 3.63) is 58.5 Å². The van der Waals surface area contributed by atoms with E-state index in [1.807, 2.05) is 0 Å². The van der Waals surface area contributed by atoms with Gasteiger partial charge in [0.15, 0.2) is 0 Å². The first-order valence-corrected chi connectivity index (χ1v) is 8.60. The summed E-state index contributed by atoms with van der Waals surface area (Å²) >= 11 is 0. The highest BCUT2D eigenvalue weighted by Crippen LogP contribution is 2.40. The van der Waals surface area contributed by atoms with Crippen LogP contribution in [0.2, 0.25) is 0 Å². The molecule has 0 saturated heterocycles. The normalized spacial score (nSPS) is 24.0. The van der Waals surface area contributed by atoms with E-state index in [1.54, 1.807) is 18.3 Å². The molecule has 2 aromatic rings. The molecule has 3 heterocycles. The number of aromatic amines is 1. The Labute approximate surface area is 136 Å². The van der Waals surface area contributed by atoms with E-state index in [9.17, 15) is 0 Å². The van der Waals surface area contributed by atoms with E-state index in [2.05, 4.69) is 40.2 Å². The fourth-order valence-electron chi connectivity index (χ4n) is 4.66. The molecule has 0 spiro atoms. The smallest absolute Gasteiger partial charge is 0.0959 e. The molecule has 1 atom stereocenters. The number of aromatic nitrogens is 1. The van der Waals surface area contributed by atoms with Gasteiger partial charge in [-0.1, -0.05) is 23.8 Å². The monoisotopic (exact) mass is 306 g/mol. The average Bonchev–Trinajstić information content (AvgIpc) is 2.97. The second-order valence-corrected chi connectivity index (χ2v) is 6.95. The minimum Gasteiger partial charge on any atom is -0.501 e. The minimum atomic E-state index is 0.583. The largest absolute Gasteiger partial charge is 0.501 e. The standard InChI is InChI=1S/C20H22N2O/c1-23-14-6-7-15-13(10-14)8-9-22-12-19-17(11-20(15)22)16-4-2-3-5-18(16)21-19/h2-6,20-21H,7-12H2,1H3. The van der Waals surface area contributed by atoms with Crippen LogP contribution in [0, 0.1) is 0 Å². The molecule has 0 fully saturated rings. The summed E-state index contributed by atoms with van der Waals surface area (Å²) in [5, 5.41) is 1.42. The van der Waals surface area contributed by atoms with Crippen LogP contribution in [0.4, 0.5) is 0 Å². The molecule has 0 saturated carbocycles. The Bertz CT molecular complexity index is 842. The summed E-state index contributed by atoms with van der Waals surface area (Å²) < 4.78 is 5.49. The van der Waals surface area contributed by atoms with Crippen LogP contribution in [0.1, 0.15) is 30.5 Å². The molecule has 1 unspecified atom stereocenters. The Morgan fingerprint density at radius 2 is 2.17 bits per heavy atom. The highest BCUT2D eigenvalue weighted by molar-refractivity contribution is 5.85. The zero-order valence-corrected chi connectivity index (χ0v) is 13.6. The number of fused-ring (bicyclic) bond motifs is 5. The van der Waals surface area contributed by atoms with Crippen molar-refractivity contribution in [2.45, 2.75) is 38.3 Å². The molecule has 3 aliphatic rings. The molecule has 5 rings (SSSR count). The molecule has 0 bridgehead atoms. The molecular formula is C20H22N2O. The number of benzene rings is 1.